The number of hydrogen-bond acceptors (Lipinski definition) is 5. The maximum absolute atomic E-state index is 13.4. The van der Waals surface area contributed by atoms with Gasteiger partial charge in [0.05, 0.1) is 6.54 Å². The van der Waals surface area contributed by atoms with E-state index in [2.05, 4.69) is 52.5 Å². The van der Waals surface area contributed by atoms with E-state index < -0.39 is 5.54 Å². The molecule has 1 saturated carbocycles. The Balaban J connectivity index is 1.38. The largest absolute Gasteiger partial charge is 0.294 e. The number of hydrogen-bond donors (Lipinski definition) is 0. The van der Waals surface area contributed by atoms with Gasteiger partial charge in [0.15, 0.2) is 12.5 Å². The summed E-state index contributed by atoms with van der Waals surface area (Å²) in [5, 5.41) is 8.16. The monoisotopic (exact) mass is 427 g/mol. The Kier molecular flexibility index (Phi) is 5.68. The van der Waals surface area contributed by atoms with Gasteiger partial charge >= 0.3 is 0 Å². The second-order valence-corrected chi connectivity index (χ2v) is 8.87. The molecule has 2 aliphatic heterocycles. The number of azo groups is 1. The SMILES string of the molecule is CCCCC1=NC2(CCCC2)C(=O)N1Cc1ccc(-c2ccccc2C2=NCN=N2)cc1. The Morgan fingerprint density at radius 1 is 1.00 bits per heavy atom. The zero-order valence-electron chi connectivity index (χ0n) is 18.6. The third kappa shape index (κ3) is 3.78. The molecular formula is C26H29N5O. The maximum Gasteiger partial charge on any atom is 0.256 e. The fourth-order valence-corrected chi connectivity index (χ4v) is 4.97. The van der Waals surface area contributed by atoms with Gasteiger partial charge in [-0.05, 0) is 36.0 Å². The lowest BCUT2D eigenvalue weighted by atomic mass is 9.97. The van der Waals surface area contributed by atoms with E-state index in [9.17, 15) is 4.79 Å². The number of nitrogens with zero attached hydrogens (tertiary/aromatic N) is 5. The minimum absolute atomic E-state index is 0.208. The first-order chi connectivity index (χ1) is 15.7. The van der Waals surface area contributed by atoms with Crippen molar-refractivity contribution < 1.29 is 4.79 Å². The van der Waals surface area contributed by atoms with Crippen LogP contribution in [0.2, 0.25) is 0 Å². The zero-order valence-corrected chi connectivity index (χ0v) is 18.6. The number of rotatable bonds is 7. The molecule has 1 spiro atoms. The van der Waals surface area contributed by atoms with Crippen LogP contribution in [0.25, 0.3) is 11.1 Å². The summed E-state index contributed by atoms with van der Waals surface area (Å²) in [6.07, 6.45) is 7.05. The first-order valence-corrected chi connectivity index (χ1v) is 11.7. The predicted molar refractivity (Wildman–Crippen MR) is 127 cm³/mol. The van der Waals surface area contributed by atoms with E-state index in [0.717, 1.165) is 73.0 Å². The van der Waals surface area contributed by atoms with Gasteiger partial charge in [-0.25, -0.2) is 4.99 Å². The van der Waals surface area contributed by atoms with Gasteiger partial charge in [-0.15, -0.1) is 5.11 Å². The number of amidine groups is 2. The van der Waals surface area contributed by atoms with Crippen molar-refractivity contribution in [3.63, 3.8) is 0 Å². The van der Waals surface area contributed by atoms with E-state index in [1.807, 2.05) is 23.1 Å². The van der Waals surface area contributed by atoms with Gasteiger partial charge in [0.2, 0.25) is 0 Å². The summed E-state index contributed by atoms with van der Waals surface area (Å²) >= 11 is 0. The summed E-state index contributed by atoms with van der Waals surface area (Å²) < 4.78 is 0. The van der Waals surface area contributed by atoms with E-state index in [1.165, 1.54) is 0 Å². The first-order valence-electron chi connectivity index (χ1n) is 11.7. The lowest BCUT2D eigenvalue weighted by Crippen LogP contribution is -2.40. The normalized spacial score (nSPS) is 19.2. The molecule has 2 heterocycles. The molecule has 0 unspecified atom stereocenters. The Morgan fingerprint density at radius 2 is 1.75 bits per heavy atom. The van der Waals surface area contributed by atoms with Crippen molar-refractivity contribution in [2.24, 2.45) is 20.2 Å². The molecule has 3 aliphatic rings. The van der Waals surface area contributed by atoms with Crippen molar-refractivity contribution in [2.75, 3.05) is 6.67 Å². The highest BCUT2D eigenvalue weighted by atomic mass is 16.2. The predicted octanol–water partition coefficient (Wildman–Crippen LogP) is 5.77. The van der Waals surface area contributed by atoms with Crippen LogP contribution in [-0.4, -0.2) is 34.7 Å². The summed E-state index contributed by atoms with van der Waals surface area (Å²) in [6, 6.07) is 16.6. The lowest BCUT2D eigenvalue weighted by molar-refractivity contribution is -0.131. The first kappa shape index (κ1) is 20.7. The Hall–Kier alpha value is -3.15. The van der Waals surface area contributed by atoms with Crippen molar-refractivity contribution >= 4 is 17.6 Å². The lowest BCUT2D eigenvalue weighted by Gasteiger charge is -2.23. The highest BCUT2D eigenvalue weighted by Crippen LogP contribution is 2.40. The van der Waals surface area contributed by atoms with Gasteiger partial charge in [-0.3, -0.25) is 14.7 Å². The topological polar surface area (TPSA) is 69.8 Å². The van der Waals surface area contributed by atoms with Crippen molar-refractivity contribution in [3.05, 3.63) is 59.7 Å². The quantitative estimate of drug-likeness (QED) is 0.553. The van der Waals surface area contributed by atoms with Crippen LogP contribution >= 0.6 is 0 Å². The van der Waals surface area contributed by atoms with E-state index in [1.54, 1.807) is 0 Å². The van der Waals surface area contributed by atoms with Gasteiger partial charge in [0, 0.05) is 12.0 Å². The summed E-state index contributed by atoms with van der Waals surface area (Å²) in [5.41, 5.74) is 3.84. The Bertz CT molecular complexity index is 1090. The van der Waals surface area contributed by atoms with Gasteiger partial charge in [-0.2, -0.15) is 5.11 Å². The Morgan fingerprint density at radius 3 is 2.44 bits per heavy atom. The summed E-state index contributed by atoms with van der Waals surface area (Å²) in [5.74, 6) is 1.88. The van der Waals surface area contributed by atoms with E-state index >= 15 is 0 Å². The van der Waals surface area contributed by atoms with Crippen LogP contribution in [0.5, 0.6) is 0 Å². The number of amides is 1. The van der Waals surface area contributed by atoms with Crippen LogP contribution in [-0.2, 0) is 11.3 Å². The number of aliphatic imine (C=N–C) groups is 2. The van der Waals surface area contributed by atoms with Crippen molar-refractivity contribution in [2.45, 2.75) is 64.0 Å². The second-order valence-electron chi connectivity index (χ2n) is 8.87. The average molecular weight is 428 g/mol. The molecule has 2 aromatic carbocycles. The molecule has 6 heteroatoms. The molecule has 1 fully saturated rings. The standard InChI is InChI=1S/C26H29N5O/c1-2-3-10-23-29-26(15-6-7-16-26)25(32)31(23)17-19-11-13-20(14-12-19)21-8-4-5-9-22(21)24-27-18-28-30-24/h4-5,8-9,11-14H,2-3,6-7,10,15-18H2,1H3. The third-order valence-electron chi connectivity index (χ3n) is 6.71. The molecule has 6 nitrogen and oxygen atoms in total. The fourth-order valence-electron chi connectivity index (χ4n) is 4.97. The van der Waals surface area contributed by atoms with Crippen LogP contribution in [0, 0.1) is 0 Å². The fraction of sp³-hybridized carbons (Fsp3) is 0.423. The van der Waals surface area contributed by atoms with Crippen LogP contribution < -0.4 is 0 Å². The molecule has 0 bridgehead atoms. The second kappa shape index (κ2) is 8.77. The summed E-state index contributed by atoms with van der Waals surface area (Å²) in [4.78, 5) is 24.7. The third-order valence-corrected chi connectivity index (χ3v) is 6.71. The molecule has 1 aliphatic carbocycles. The molecule has 0 saturated heterocycles. The molecule has 2 aromatic rings. The molecule has 32 heavy (non-hydrogen) atoms. The molecule has 0 radical (unpaired) electrons. The average Bonchev–Trinajstić information content (AvgIpc) is 3.58. The molecule has 164 valence electrons. The number of carbonyl (C=O) groups is 1. The van der Waals surface area contributed by atoms with Gasteiger partial charge in [-0.1, -0.05) is 74.7 Å². The maximum atomic E-state index is 13.4. The highest BCUT2D eigenvalue weighted by molar-refractivity contribution is 6.08. The number of unbranched alkanes of at least 4 members (excludes halogenated alkanes) is 1. The minimum Gasteiger partial charge on any atom is -0.294 e. The van der Waals surface area contributed by atoms with Crippen molar-refractivity contribution in [3.8, 4) is 11.1 Å². The molecule has 0 N–H and O–H groups in total. The summed E-state index contributed by atoms with van der Waals surface area (Å²) in [6.45, 7) is 3.17. The van der Waals surface area contributed by atoms with Crippen molar-refractivity contribution in [1.29, 1.82) is 0 Å². The molecule has 0 aromatic heterocycles. The number of benzene rings is 2. The van der Waals surface area contributed by atoms with Crippen LogP contribution in [0.1, 0.15) is 63.0 Å². The summed E-state index contributed by atoms with van der Waals surface area (Å²) in [7, 11) is 0. The van der Waals surface area contributed by atoms with Gasteiger partial charge in [0.1, 0.15) is 11.4 Å². The molecule has 1 amide bonds. The van der Waals surface area contributed by atoms with Gasteiger partial charge < -0.3 is 0 Å². The highest BCUT2D eigenvalue weighted by Gasteiger charge is 2.49. The van der Waals surface area contributed by atoms with E-state index in [0.29, 0.717) is 19.0 Å². The van der Waals surface area contributed by atoms with Crippen LogP contribution in [0.3, 0.4) is 0 Å². The van der Waals surface area contributed by atoms with Crippen LogP contribution in [0.15, 0.2) is 68.7 Å². The molecule has 5 rings (SSSR count). The van der Waals surface area contributed by atoms with Crippen LogP contribution in [0.4, 0.5) is 0 Å². The molecular weight excluding hydrogens is 398 g/mol. The minimum atomic E-state index is -0.474. The molecule has 0 atom stereocenters. The van der Waals surface area contributed by atoms with Crippen molar-refractivity contribution in [1.82, 2.24) is 4.90 Å². The zero-order chi connectivity index (χ0) is 22.0. The number of carbonyl (C=O) groups excluding carboxylic acids is 1. The Labute approximate surface area is 189 Å². The smallest absolute Gasteiger partial charge is 0.256 e. The van der Waals surface area contributed by atoms with Gasteiger partial charge in [0.25, 0.3) is 5.91 Å². The van der Waals surface area contributed by atoms with E-state index in [-0.39, 0.29) is 5.91 Å². The van der Waals surface area contributed by atoms with E-state index in [4.69, 9.17) is 4.99 Å².